The van der Waals surface area contributed by atoms with Crippen LogP contribution in [0.1, 0.15) is 59.8 Å². The van der Waals surface area contributed by atoms with Gasteiger partial charge in [-0.2, -0.15) is 0 Å². The second-order valence-corrected chi connectivity index (χ2v) is 6.09. The summed E-state index contributed by atoms with van der Waals surface area (Å²) in [6.45, 7) is 8.84. The Morgan fingerprint density at radius 3 is 2.71 bits per heavy atom. The van der Waals surface area contributed by atoms with Crippen LogP contribution >= 0.6 is 0 Å². The van der Waals surface area contributed by atoms with Crippen molar-refractivity contribution in [1.29, 1.82) is 0 Å². The minimum absolute atomic E-state index is 0.287. The highest BCUT2D eigenvalue weighted by molar-refractivity contribution is 5.96. The molecule has 0 aromatic carbocycles. The van der Waals surface area contributed by atoms with Gasteiger partial charge in [0.2, 0.25) is 0 Å². The van der Waals surface area contributed by atoms with Crippen LogP contribution in [0.15, 0.2) is 23.8 Å². The number of allylic oxidation sites excluding steroid dienone is 4. The third kappa shape index (κ3) is 4.49. The number of carbonyl (C=O) groups is 1. The van der Waals surface area contributed by atoms with Crippen molar-refractivity contribution in [2.24, 2.45) is 11.3 Å². The molecule has 96 valence electrons. The van der Waals surface area contributed by atoms with Gasteiger partial charge < -0.3 is 0 Å². The van der Waals surface area contributed by atoms with Crippen LogP contribution in [-0.4, -0.2) is 5.78 Å². The summed E-state index contributed by atoms with van der Waals surface area (Å²) in [5.74, 6) is 0.947. The number of Topliss-reactive ketones (excluding diaryl/α,β-unsaturated/α-hetero) is 1. The lowest BCUT2D eigenvalue weighted by Gasteiger charge is -2.31. The van der Waals surface area contributed by atoms with E-state index < -0.39 is 0 Å². The van der Waals surface area contributed by atoms with E-state index in [1.807, 2.05) is 6.92 Å². The van der Waals surface area contributed by atoms with E-state index in [1.54, 1.807) is 0 Å². The molecule has 1 atom stereocenters. The summed E-state index contributed by atoms with van der Waals surface area (Å²) in [5, 5.41) is 0. The normalized spacial score (nSPS) is 22.0. The van der Waals surface area contributed by atoms with E-state index in [4.69, 9.17) is 0 Å². The van der Waals surface area contributed by atoms with Crippen LogP contribution < -0.4 is 0 Å². The molecule has 1 heteroatoms. The monoisotopic (exact) mass is 234 g/mol. The number of carbonyl (C=O) groups excluding carboxylic acids is 1. The van der Waals surface area contributed by atoms with Gasteiger partial charge in [-0.25, -0.2) is 0 Å². The largest absolute Gasteiger partial charge is 0.295 e. The number of hydrogen-bond donors (Lipinski definition) is 0. The highest BCUT2D eigenvalue weighted by Gasteiger charge is 2.28. The van der Waals surface area contributed by atoms with Crippen LogP contribution in [0.2, 0.25) is 0 Å². The van der Waals surface area contributed by atoms with Gasteiger partial charge in [0.05, 0.1) is 0 Å². The lowest BCUT2D eigenvalue weighted by molar-refractivity contribution is -0.116. The second-order valence-electron chi connectivity index (χ2n) is 6.09. The van der Waals surface area contributed by atoms with Crippen LogP contribution in [0.3, 0.4) is 0 Å². The smallest absolute Gasteiger partial charge is 0.158 e. The summed E-state index contributed by atoms with van der Waals surface area (Å²) in [5.41, 5.74) is 1.37. The maximum absolute atomic E-state index is 11.8. The molecule has 0 saturated heterocycles. The van der Waals surface area contributed by atoms with E-state index in [-0.39, 0.29) is 5.41 Å². The predicted octanol–water partition coefficient (Wildman–Crippen LogP) is 4.68. The number of ketones is 1. The summed E-state index contributed by atoms with van der Waals surface area (Å²) >= 11 is 0. The van der Waals surface area contributed by atoms with Crippen molar-refractivity contribution in [2.75, 3.05) is 0 Å². The molecular weight excluding hydrogens is 208 g/mol. The molecule has 0 N–H and O–H groups in total. The molecule has 17 heavy (non-hydrogen) atoms. The van der Waals surface area contributed by atoms with Crippen LogP contribution in [0, 0.1) is 11.3 Å². The Bertz CT molecular complexity index is 315. The van der Waals surface area contributed by atoms with Crippen molar-refractivity contribution in [3.63, 3.8) is 0 Å². The molecule has 0 aliphatic heterocycles. The zero-order valence-electron chi connectivity index (χ0n) is 11.8. The van der Waals surface area contributed by atoms with Crippen molar-refractivity contribution in [2.45, 2.75) is 59.8 Å². The third-order valence-electron chi connectivity index (χ3n) is 3.61. The van der Waals surface area contributed by atoms with Gasteiger partial charge in [0.25, 0.3) is 0 Å². The van der Waals surface area contributed by atoms with E-state index in [1.165, 1.54) is 0 Å². The van der Waals surface area contributed by atoms with Gasteiger partial charge in [0, 0.05) is 6.42 Å². The van der Waals surface area contributed by atoms with Crippen molar-refractivity contribution < 1.29 is 4.79 Å². The Labute approximate surface area is 106 Å². The van der Waals surface area contributed by atoms with Crippen molar-refractivity contribution in [3.05, 3.63) is 23.8 Å². The number of hydrogen-bond acceptors (Lipinski definition) is 1. The molecule has 0 bridgehead atoms. The molecular formula is C16H26O. The predicted molar refractivity (Wildman–Crippen MR) is 73.9 cm³/mol. The zero-order valence-corrected chi connectivity index (χ0v) is 11.8. The quantitative estimate of drug-likeness (QED) is 0.509. The van der Waals surface area contributed by atoms with Gasteiger partial charge in [-0.15, -0.1) is 0 Å². The van der Waals surface area contributed by atoms with Crippen molar-refractivity contribution >= 4 is 5.78 Å². The summed E-state index contributed by atoms with van der Waals surface area (Å²) in [7, 11) is 0. The zero-order chi connectivity index (χ0) is 12.9. The topological polar surface area (TPSA) is 17.1 Å². The Kier molecular flexibility index (Phi) is 5.17. The highest BCUT2D eigenvalue weighted by atomic mass is 16.1. The molecule has 0 fully saturated rings. The summed E-state index contributed by atoms with van der Waals surface area (Å²) in [6.07, 6.45) is 11.4. The van der Waals surface area contributed by atoms with Gasteiger partial charge in [0.1, 0.15) is 0 Å². The highest BCUT2D eigenvalue weighted by Crippen LogP contribution is 2.36. The van der Waals surface area contributed by atoms with Crippen LogP contribution in [0.4, 0.5) is 0 Å². The van der Waals surface area contributed by atoms with Crippen LogP contribution in [0.5, 0.6) is 0 Å². The lowest BCUT2D eigenvalue weighted by Crippen LogP contribution is -2.24. The minimum atomic E-state index is 0.287. The molecule has 1 unspecified atom stereocenters. The maximum atomic E-state index is 11.8. The van der Waals surface area contributed by atoms with Gasteiger partial charge in [0.15, 0.2) is 5.78 Å². The van der Waals surface area contributed by atoms with Crippen LogP contribution in [0.25, 0.3) is 0 Å². The van der Waals surface area contributed by atoms with Gasteiger partial charge in [-0.3, -0.25) is 4.79 Å². The van der Waals surface area contributed by atoms with E-state index in [0.717, 1.165) is 37.7 Å². The molecule has 1 aliphatic rings. The molecule has 0 aromatic heterocycles. The summed E-state index contributed by atoms with van der Waals surface area (Å²) < 4.78 is 0. The van der Waals surface area contributed by atoms with Gasteiger partial charge in [-0.1, -0.05) is 39.0 Å². The fraction of sp³-hybridized carbons (Fsp3) is 0.688. The van der Waals surface area contributed by atoms with E-state index in [9.17, 15) is 4.79 Å². The second kappa shape index (κ2) is 6.18. The summed E-state index contributed by atoms with van der Waals surface area (Å²) in [4.78, 5) is 11.8. The first-order chi connectivity index (χ1) is 7.95. The van der Waals surface area contributed by atoms with E-state index in [0.29, 0.717) is 11.7 Å². The summed E-state index contributed by atoms with van der Waals surface area (Å²) in [6, 6.07) is 0. The molecule has 1 rings (SSSR count). The van der Waals surface area contributed by atoms with E-state index in [2.05, 4.69) is 39.0 Å². The molecule has 0 saturated carbocycles. The average molecular weight is 234 g/mol. The SMILES string of the molecule is C/C=C\CCCC1=CC(C(C)(C)C)CCC1=O. The molecule has 0 heterocycles. The fourth-order valence-electron chi connectivity index (χ4n) is 2.35. The van der Waals surface area contributed by atoms with Crippen molar-refractivity contribution in [1.82, 2.24) is 0 Å². The lowest BCUT2D eigenvalue weighted by atomic mass is 9.73. The van der Waals surface area contributed by atoms with Gasteiger partial charge >= 0.3 is 0 Å². The Balaban J connectivity index is 2.60. The molecule has 0 radical (unpaired) electrons. The van der Waals surface area contributed by atoms with Crippen molar-refractivity contribution in [3.8, 4) is 0 Å². The number of unbranched alkanes of at least 4 members (excludes halogenated alkanes) is 1. The molecule has 0 aromatic rings. The number of rotatable bonds is 4. The fourth-order valence-corrected chi connectivity index (χ4v) is 2.35. The first-order valence-corrected chi connectivity index (χ1v) is 6.80. The minimum Gasteiger partial charge on any atom is -0.295 e. The van der Waals surface area contributed by atoms with E-state index >= 15 is 0 Å². The molecule has 0 amide bonds. The molecule has 1 aliphatic carbocycles. The Hall–Kier alpha value is -0.850. The standard InChI is InChI=1S/C16H26O/c1-5-6-7-8-9-13-12-14(16(2,3)4)10-11-15(13)17/h5-6,12,14H,7-11H2,1-4H3/b6-5-. The maximum Gasteiger partial charge on any atom is 0.158 e. The Morgan fingerprint density at radius 2 is 2.12 bits per heavy atom. The first-order valence-electron chi connectivity index (χ1n) is 6.80. The average Bonchev–Trinajstić information content (AvgIpc) is 2.25. The van der Waals surface area contributed by atoms with Crippen LogP contribution in [-0.2, 0) is 4.79 Å². The van der Waals surface area contributed by atoms with Gasteiger partial charge in [-0.05, 0) is 49.5 Å². The Morgan fingerprint density at radius 1 is 1.41 bits per heavy atom. The molecule has 0 spiro atoms. The molecule has 1 nitrogen and oxygen atoms in total. The first kappa shape index (κ1) is 14.2. The third-order valence-corrected chi connectivity index (χ3v) is 3.61.